The van der Waals surface area contributed by atoms with Crippen molar-refractivity contribution in [1.82, 2.24) is 4.31 Å². The highest BCUT2D eigenvalue weighted by molar-refractivity contribution is 7.88. The zero-order valence-electron chi connectivity index (χ0n) is 10.5. The molecule has 1 aromatic carbocycles. The first-order valence-electron chi connectivity index (χ1n) is 6.20. The third-order valence-corrected chi connectivity index (χ3v) is 5.10. The van der Waals surface area contributed by atoms with Crippen molar-refractivity contribution in [2.24, 2.45) is 5.92 Å². The Kier molecular flexibility index (Phi) is 4.02. The van der Waals surface area contributed by atoms with Gasteiger partial charge in [0, 0.05) is 18.7 Å². The van der Waals surface area contributed by atoms with Crippen LogP contribution < -0.4 is 0 Å². The van der Waals surface area contributed by atoms with Gasteiger partial charge >= 0.3 is 0 Å². The fourth-order valence-corrected chi connectivity index (χ4v) is 4.00. The van der Waals surface area contributed by atoms with Crippen LogP contribution in [0.1, 0.15) is 25.3 Å². The van der Waals surface area contributed by atoms with Crippen LogP contribution in [0.15, 0.2) is 24.3 Å². The maximum absolute atomic E-state index is 13.5. The molecule has 1 aliphatic heterocycles. The van der Waals surface area contributed by atoms with Crippen LogP contribution >= 0.6 is 0 Å². The minimum absolute atomic E-state index is 0.244. The number of piperidine rings is 1. The van der Waals surface area contributed by atoms with E-state index in [9.17, 15) is 12.8 Å². The molecule has 0 unspecified atom stereocenters. The third-order valence-electron chi connectivity index (χ3n) is 3.31. The van der Waals surface area contributed by atoms with E-state index in [2.05, 4.69) is 0 Å². The van der Waals surface area contributed by atoms with Crippen molar-refractivity contribution in [1.29, 1.82) is 0 Å². The van der Waals surface area contributed by atoms with Crippen LogP contribution in [0.4, 0.5) is 4.39 Å². The van der Waals surface area contributed by atoms with Crippen molar-refractivity contribution in [3.8, 4) is 0 Å². The van der Waals surface area contributed by atoms with Gasteiger partial charge in [0.2, 0.25) is 10.0 Å². The fourth-order valence-electron chi connectivity index (χ4n) is 2.30. The van der Waals surface area contributed by atoms with Crippen LogP contribution in [0.2, 0.25) is 0 Å². The van der Waals surface area contributed by atoms with E-state index in [1.165, 1.54) is 16.4 Å². The Bertz CT molecular complexity index is 515. The summed E-state index contributed by atoms with van der Waals surface area (Å²) in [5.74, 6) is -0.313. The van der Waals surface area contributed by atoms with E-state index in [1.807, 2.05) is 6.92 Å². The molecule has 0 saturated carbocycles. The van der Waals surface area contributed by atoms with Gasteiger partial charge in [-0.3, -0.25) is 0 Å². The predicted octanol–water partition coefficient (Wildman–Crippen LogP) is 2.39. The average molecular weight is 271 g/mol. The molecule has 0 bridgehead atoms. The Morgan fingerprint density at radius 2 is 2.11 bits per heavy atom. The molecule has 1 saturated heterocycles. The Morgan fingerprint density at radius 1 is 1.39 bits per heavy atom. The summed E-state index contributed by atoms with van der Waals surface area (Å²) in [6.07, 6.45) is 1.95. The van der Waals surface area contributed by atoms with Crippen molar-refractivity contribution in [3.63, 3.8) is 0 Å². The van der Waals surface area contributed by atoms with Gasteiger partial charge in [-0.05, 0) is 24.8 Å². The second-order valence-corrected chi connectivity index (χ2v) is 6.92. The molecule has 0 radical (unpaired) electrons. The lowest BCUT2D eigenvalue weighted by Crippen LogP contribution is -2.39. The third kappa shape index (κ3) is 3.09. The molecule has 1 aromatic rings. The number of nitrogens with zero attached hydrogens (tertiary/aromatic N) is 1. The standard InChI is InChI=1S/C13H18FNO2S/c1-11-5-4-8-15(9-11)18(16,17)10-12-6-2-3-7-13(12)14/h2-3,6-7,11H,4-5,8-10H2,1H3/t11-/m0/s1. The largest absolute Gasteiger partial charge is 0.218 e. The summed E-state index contributed by atoms with van der Waals surface area (Å²) in [5.41, 5.74) is 0.246. The normalized spacial score (nSPS) is 22.0. The Labute approximate surface area is 108 Å². The van der Waals surface area contributed by atoms with Gasteiger partial charge in [0.25, 0.3) is 0 Å². The van der Waals surface area contributed by atoms with Crippen molar-refractivity contribution in [3.05, 3.63) is 35.6 Å². The van der Waals surface area contributed by atoms with E-state index >= 15 is 0 Å². The van der Waals surface area contributed by atoms with E-state index in [-0.39, 0.29) is 11.3 Å². The van der Waals surface area contributed by atoms with Crippen LogP contribution in [0.5, 0.6) is 0 Å². The first kappa shape index (κ1) is 13.5. The van der Waals surface area contributed by atoms with Gasteiger partial charge in [-0.15, -0.1) is 0 Å². The minimum atomic E-state index is -3.40. The first-order chi connectivity index (χ1) is 8.49. The topological polar surface area (TPSA) is 37.4 Å². The van der Waals surface area contributed by atoms with Crippen LogP contribution in [-0.4, -0.2) is 25.8 Å². The SMILES string of the molecule is C[C@H]1CCCN(S(=O)(=O)Cc2ccccc2F)C1. The van der Waals surface area contributed by atoms with Crippen LogP contribution in [-0.2, 0) is 15.8 Å². The molecule has 1 heterocycles. The molecule has 5 heteroatoms. The van der Waals surface area contributed by atoms with E-state index in [0.29, 0.717) is 19.0 Å². The molecule has 1 fully saturated rings. The molecule has 1 aliphatic rings. The van der Waals surface area contributed by atoms with Gasteiger partial charge in [-0.1, -0.05) is 25.1 Å². The second kappa shape index (κ2) is 5.36. The maximum atomic E-state index is 13.5. The van der Waals surface area contributed by atoms with E-state index in [0.717, 1.165) is 12.8 Å². The van der Waals surface area contributed by atoms with E-state index < -0.39 is 15.8 Å². The summed E-state index contributed by atoms with van der Waals surface area (Å²) in [5, 5.41) is 0. The average Bonchev–Trinajstić information content (AvgIpc) is 2.32. The van der Waals surface area contributed by atoms with Crippen LogP contribution in [0.25, 0.3) is 0 Å². The molecule has 0 aromatic heterocycles. The summed E-state index contributed by atoms with van der Waals surface area (Å²) >= 11 is 0. The summed E-state index contributed by atoms with van der Waals surface area (Å²) in [7, 11) is -3.40. The Hall–Kier alpha value is -0.940. The molecule has 0 amide bonds. The van der Waals surface area contributed by atoms with Crippen LogP contribution in [0.3, 0.4) is 0 Å². The molecular weight excluding hydrogens is 253 g/mol. The molecule has 2 rings (SSSR count). The van der Waals surface area contributed by atoms with Crippen molar-refractivity contribution < 1.29 is 12.8 Å². The molecule has 100 valence electrons. The summed E-state index contributed by atoms with van der Waals surface area (Å²) in [6.45, 7) is 3.16. The van der Waals surface area contributed by atoms with E-state index in [1.54, 1.807) is 12.1 Å². The lowest BCUT2D eigenvalue weighted by molar-refractivity contribution is 0.281. The van der Waals surface area contributed by atoms with Crippen molar-refractivity contribution >= 4 is 10.0 Å². The van der Waals surface area contributed by atoms with Gasteiger partial charge in [-0.25, -0.2) is 17.1 Å². The highest BCUT2D eigenvalue weighted by Crippen LogP contribution is 2.21. The van der Waals surface area contributed by atoms with Crippen molar-refractivity contribution in [2.75, 3.05) is 13.1 Å². The zero-order valence-corrected chi connectivity index (χ0v) is 11.3. The quantitative estimate of drug-likeness (QED) is 0.846. The molecule has 0 aliphatic carbocycles. The summed E-state index contributed by atoms with van der Waals surface area (Å²) in [6, 6.07) is 6.05. The Morgan fingerprint density at radius 3 is 2.78 bits per heavy atom. The highest BCUT2D eigenvalue weighted by atomic mass is 32.2. The first-order valence-corrected chi connectivity index (χ1v) is 7.81. The van der Waals surface area contributed by atoms with Gasteiger partial charge in [-0.2, -0.15) is 0 Å². The second-order valence-electron chi connectivity index (χ2n) is 4.95. The van der Waals surface area contributed by atoms with Gasteiger partial charge in [0.05, 0.1) is 5.75 Å². The molecular formula is C13H18FNO2S. The Balaban J connectivity index is 2.14. The summed E-state index contributed by atoms with van der Waals surface area (Å²) < 4.78 is 39.4. The number of hydrogen-bond donors (Lipinski definition) is 0. The fraction of sp³-hybridized carbons (Fsp3) is 0.538. The van der Waals surface area contributed by atoms with E-state index in [4.69, 9.17) is 0 Å². The predicted molar refractivity (Wildman–Crippen MR) is 69.0 cm³/mol. The highest BCUT2D eigenvalue weighted by Gasteiger charge is 2.27. The molecule has 0 spiro atoms. The molecule has 0 N–H and O–H groups in total. The lowest BCUT2D eigenvalue weighted by Gasteiger charge is -2.30. The monoisotopic (exact) mass is 271 g/mol. The molecule has 1 atom stereocenters. The lowest BCUT2D eigenvalue weighted by atomic mass is 10.0. The molecule has 18 heavy (non-hydrogen) atoms. The maximum Gasteiger partial charge on any atom is 0.218 e. The van der Waals surface area contributed by atoms with Gasteiger partial charge < -0.3 is 0 Å². The number of halogens is 1. The van der Waals surface area contributed by atoms with Crippen LogP contribution in [0, 0.1) is 11.7 Å². The summed E-state index contributed by atoms with van der Waals surface area (Å²) in [4.78, 5) is 0. The van der Waals surface area contributed by atoms with Crippen molar-refractivity contribution in [2.45, 2.75) is 25.5 Å². The minimum Gasteiger partial charge on any atom is -0.212 e. The van der Waals surface area contributed by atoms with Gasteiger partial charge in [0.15, 0.2) is 0 Å². The zero-order chi connectivity index (χ0) is 13.2. The molecule has 3 nitrogen and oxygen atoms in total. The number of hydrogen-bond acceptors (Lipinski definition) is 2. The smallest absolute Gasteiger partial charge is 0.212 e. The number of rotatable bonds is 3. The number of benzene rings is 1. The van der Waals surface area contributed by atoms with Gasteiger partial charge in [0.1, 0.15) is 5.82 Å². The number of sulfonamides is 1.